The molecule has 1 rings (SSSR count). The summed E-state index contributed by atoms with van der Waals surface area (Å²) in [6.45, 7) is 7.05. The fraction of sp³-hybridized carbons (Fsp3) is 0.571. The molecular weight excluding hydrogens is 288 g/mol. The van der Waals surface area contributed by atoms with Crippen LogP contribution in [0.1, 0.15) is 25.6 Å². The number of ether oxygens (including phenoxy) is 1. The Hall–Kier alpha value is -1.76. The van der Waals surface area contributed by atoms with Crippen molar-refractivity contribution < 1.29 is 9.53 Å². The second-order valence-corrected chi connectivity index (χ2v) is 6.48. The van der Waals surface area contributed by atoms with E-state index < -0.39 is 11.7 Å². The molecule has 0 spiro atoms. The first kappa shape index (κ1) is 17.3. The molecule has 21 heavy (non-hydrogen) atoms. The highest BCUT2D eigenvalue weighted by atomic mass is 32.1. The number of carbonyl (C=O) groups is 1. The van der Waals surface area contributed by atoms with Crippen LogP contribution in [0.2, 0.25) is 0 Å². The Kier molecular flexibility index (Phi) is 7.01. The predicted molar refractivity (Wildman–Crippen MR) is 86.8 cm³/mol. The average molecular weight is 312 g/mol. The zero-order valence-electron chi connectivity index (χ0n) is 12.8. The van der Waals surface area contributed by atoms with Gasteiger partial charge in [-0.2, -0.15) is 0 Å². The fourth-order valence-corrected chi connectivity index (χ4v) is 2.16. The van der Waals surface area contributed by atoms with Crippen LogP contribution in [-0.2, 0) is 11.2 Å². The minimum Gasteiger partial charge on any atom is -0.444 e. The van der Waals surface area contributed by atoms with Crippen LogP contribution >= 0.6 is 11.3 Å². The monoisotopic (exact) mass is 312 g/mol. The Morgan fingerprint density at radius 1 is 1.38 bits per heavy atom. The Morgan fingerprint density at radius 2 is 2.10 bits per heavy atom. The third-order valence-electron chi connectivity index (χ3n) is 2.32. The molecule has 0 radical (unpaired) electrons. The van der Waals surface area contributed by atoms with Crippen LogP contribution in [0.3, 0.4) is 0 Å². The third kappa shape index (κ3) is 8.91. The zero-order valence-corrected chi connectivity index (χ0v) is 13.6. The largest absolute Gasteiger partial charge is 0.444 e. The number of carbonyl (C=O) groups excluding carboxylic acids is 1. The van der Waals surface area contributed by atoms with E-state index in [2.05, 4.69) is 21.7 Å². The molecule has 0 aliphatic carbocycles. The summed E-state index contributed by atoms with van der Waals surface area (Å²) in [6, 6.07) is 4.10. The van der Waals surface area contributed by atoms with Crippen LogP contribution in [0.15, 0.2) is 22.5 Å². The highest BCUT2D eigenvalue weighted by Crippen LogP contribution is 2.08. The van der Waals surface area contributed by atoms with Crippen LogP contribution in [0.4, 0.5) is 4.79 Å². The number of thiophene rings is 1. The number of nitrogens with two attached hydrogens (primary N) is 1. The maximum absolute atomic E-state index is 11.4. The van der Waals surface area contributed by atoms with Crippen molar-refractivity contribution in [2.24, 2.45) is 10.7 Å². The Bertz CT molecular complexity index is 452. The molecule has 1 heterocycles. The molecule has 0 aliphatic heterocycles. The number of amides is 1. The SMILES string of the molecule is CC(C)(C)OC(=O)NCCNC(N)=NCCc1cccs1. The Morgan fingerprint density at radius 3 is 2.71 bits per heavy atom. The molecule has 0 unspecified atom stereocenters. The molecule has 1 amide bonds. The molecule has 1 aromatic heterocycles. The lowest BCUT2D eigenvalue weighted by atomic mass is 10.2. The fourth-order valence-electron chi connectivity index (χ4n) is 1.47. The first-order valence-electron chi connectivity index (χ1n) is 6.90. The summed E-state index contributed by atoms with van der Waals surface area (Å²) >= 11 is 1.71. The van der Waals surface area contributed by atoms with Crippen LogP contribution in [0.5, 0.6) is 0 Å². The van der Waals surface area contributed by atoms with Crippen LogP contribution in [-0.4, -0.2) is 37.3 Å². The van der Waals surface area contributed by atoms with Gasteiger partial charge in [0.25, 0.3) is 0 Å². The van der Waals surface area contributed by atoms with E-state index in [0.29, 0.717) is 25.6 Å². The number of guanidine groups is 1. The molecular formula is C14H24N4O2S. The summed E-state index contributed by atoms with van der Waals surface area (Å²) < 4.78 is 5.11. The van der Waals surface area contributed by atoms with Gasteiger partial charge in [-0.25, -0.2) is 4.79 Å². The van der Waals surface area contributed by atoms with Crippen molar-refractivity contribution in [3.8, 4) is 0 Å². The minimum atomic E-state index is -0.486. The zero-order chi connectivity index (χ0) is 15.7. The average Bonchev–Trinajstić information content (AvgIpc) is 2.85. The van der Waals surface area contributed by atoms with Crippen LogP contribution in [0, 0.1) is 0 Å². The van der Waals surface area contributed by atoms with Gasteiger partial charge in [-0.05, 0) is 32.2 Å². The number of nitrogens with one attached hydrogen (secondary N) is 2. The summed E-state index contributed by atoms with van der Waals surface area (Å²) in [5.74, 6) is 0.387. The van der Waals surface area contributed by atoms with Gasteiger partial charge in [-0.3, -0.25) is 4.99 Å². The molecule has 1 aromatic rings. The summed E-state index contributed by atoms with van der Waals surface area (Å²) in [4.78, 5) is 16.9. The number of hydrogen-bond acceptors (Lipinski definition) is 4. The molecule has 118 valence electrons. The number of rotatable bonds is 6. The topological polar surface area (TPSA) is 88.7 Å². The summed E-state index contributed by atoms with van der Waals surface area (Å²) in [7, 11) is 0. The van der Waals surface area contributed by atoms with Crippen molar-refractivity contribution in [3.63, 3.8) is 0 Å². The molecule has 0 bridgehead atoms. The molecule has 0 fully saturated rings. The van der Waals surface area contributed by atoms with Crippen molar-refractivity contribution >= 4 is 23.4 Å². The highest BCUT2D eigenvalue weighted by molar-refractivity contribution is 7.09. The van der Waals surface area contributed by atoms with Crippen LogP contribution in [0.25, 0.3) is 0 Å². The van der Waals surface area contributed by atoms with E-state index in [1.807, 2.05) is 32.2 Å². The molecule has 0 saturated heterocycles. The van der Waals surface area contributed by atoms with Crippen molar-refractivity contribution in [3.05, 3.63) is 22.4 Å². The number of alkyl carbamates (subject to hydrolysis) is 1. The maximum Gasteiger partial charge on any atom is 0.407 e. The summed E-state index contributed by atoms with van der Waals surface area (Å²) in [6.07, 6.45) is 0.452. The first-order valence-corrected chi connectivity index (χ1v) is 7.78. The Balaban J connectivity index is 2.10. The third-order valence-corrected chi connectivity index (χ3v) is 3.26. The standard InChI is InChI=1S/C14H24N4O2S/c1-14(2,3)20-13(19)18-9-8-17-12(15)16-7-6-11-5-4-10-21-11/h4-5,10H,6-9H2,1-3H3,(H,18,19)(H3,15,16,17). The van der Waals surface area contributed by atoms with E-state index in [-0.39, 0.29) is 0 Å². The number of aliphatic imine (C=N–C) groups is 1. The van der Waals surface area contributed by atoms with Gasteiger partial charge in [0.15, 0.2) is 5.96 Å². The highest BCUT2D eigenvalue weighted by Gasteiger charge is 2.15. The lowest BCUT2D eigenvalue weighted by Gasteiger charge is -2.19. The van der Waals surface area contributed by atoms with E-state index in [1.165, 1.54) is 4.88 Å². The number of hydrogen-bond donors (Lipinski definition) is 3. The van der Waals surface area contributed by atoms with Gasteiger partial charge in [0.1, 0.15) is 5.60 Å². The van der Waals surface area contributed by atoms with Gasteiger partial charge < -0.3 is 21.1 Å². The van der Waals surface area contributed by atoms with Crippen LogP contribution < -0.4 is 16.4 Å². The van der Waals surface area contributed by atoms with Gasteiger partial charge >= 0.3 is 6.09 Å². The van der Waals surface area contributed by atoms with E-state index in [9.17, 15) is 4.79 Å². The molecule has 0 aromatic carbocycles. The van der Waals surface area contributed by atoms with Crippen molar-refractivity contribution in [2.75, 3.05) is 19.6 Å². The lowest BCUT2D eigenvalue weighted by Crippen LogP contribution is -2.40. The van der Waals surface area contributed by atoms with E-state index in [0.717, 1.165) is 6.42 Å². The van der Waals surface area contributed by atoms with Crippen molar-refractivity contribution in [1.29, 1.82) is 0 Å². The van der Waals surface area contributed by atoms with Gasteiger partial charge in [-0.15, -0.1) is 11.3 Å². The molecule has 0 saturated carbocycles. The van der Waals surface area contributed by atoms with Gasteiger partial charge in [0.2, 0.25) is 0 Å². The quantitative estimate of drug-likeness (QED) is 0.424. The molecule has 4 N–H and O–H groups in total. The van der Waals surface area contributed by atoms with E-state index in [1.54, 1.807) is 11.3 Å². The maximum atomic E-state index is 11.4. The van der Waals surface area contributed by atoms with Gasteiger partial charge in [0, 0.05) is 30.9 Å². The van der Waals surface area contributed by atoms with Gasteiger partial charge in [0.05, 0.1) is 0 Å². The first-order chi connectivity index (χ1) is 9.87. The molecule has 0 atom stereocenters. The summed E-state index contributed by atoms with van der Waals surface area (Å²) in [5, 5.41) is 7.63. The second-order valence-electron chi connectivity index (χ2n) is 5.45. The van der Waals surface area contributed by atoms with E-state index in [4.69, 9.17) is 10.5 Å². The van der Waals surface area contributed by atoms with Gasteiger partial charge in [-0.1, -0.05) is 6.07 Å². The summed E-state index contributed by atoms with van der Waals surface area (Å²) in [5.41, 5.74) is 5.24. The molecule has 6 nitrogen and oxygen atoms in total. The smallest absolute Gasteiger partial charge is 0.407 e. The molecule has 0 aliphatic rings. The second kappa shape index (κ2) is 8.51. The van der Waals surface area contributed by atoms with E-state index >= 15 is 0 Å². The van der Waals surface area contributed by atoms with Crippen molar-refractivity contribution in [1.82, 2.24) is 10.6 Å². The minimum absolute atomic E-state index is 0.387. The lowest BCUT2D eigenvalue weighted by molar-refractivity contribution is 0.0529. The normalized spacial score (nSPS) is 12.0. The number of nitrogens with zero attached hydrogens (tertiary/aromatic N) is 1. The molecule has 7 heteroatoms. The van der Waals surface area contributed by atoms with Crippen molar-refractivity contribution in [2.45, 2.75) is 32.8 Å². The predicted octanol–water partition coefficient (Wildman–Crippen LogP) is 1.72. The Labute approximate surface area is 129 Å².